The van der Waals surface area contributed by atoms with Gasteiger partial charge in [0.2, 0.25) is 0 Å². The van der Waals surface area contributed by atoms with Gasteiger partial charge in [0.1, 0.15) is 5.75 Å². The zero-order chi connectivity index (χ0) is 8.97. The van der Waals surface area contributed by atoms with Crippen molar-refractivity contribution in [2.24, 2.45) is 0 Å². The maximum Gasteiger partial charge on any atom is 0.125 e. The van der Waals surface area contributed by atoms with Gasteiger partial charge in [0.25, 0.3) is 0 Å². The van der Waals surface area contributed by atoms with Gasteiger partial charge in [-0.15, -0.1) is 0 Å². The monoisotopic (exact) mass is 164 g/mol. The largest absolute Gasteiger partial charge is 0.493 e. The minimum Gasteiger partial charge on any atom is -0.493 e. The van der Waals surface area contributed by atoms with Gasteiger partial charge in [-0.3, -0.25) is 0 Å². The van der Waals surface area contributed by atoms with Gasteiger partial charge in [-0.2, -0.15) is 0 Å². The number of hydrogen-bond donors (Lipinski definition) is 0. The van der Waals surface area contributed by atoms with Crippen molar-refractivity contribution in [3.8, 4) is 5.75 Å². The Morgan fingerprint density at radius 3 is 2.58 bits per heavy atom. The van der Waals surface area contributed by atoms with E-state index in [1.54, 1.807) is 0 Å². The van der Waals surface area contributed by atoms with Crippen molar-refractivity contribution in [3.05, 3.63) is 29.3 Å². The van der Waals surface area contributed by atoms with Gasteiger partial charge in [-0.25, -0.2) is 0 Å². The lowest BCUT2D eigenvalue weighted by molar-refractivity contribution is 0.334. The Morgan fingerprint density at radius 2 is 2.00 bits per heavy atom. The molecule has 0 fully saturated rings. The smallest absolute Gasteiger partial charge is 0.125 e. The lowest BCUT2D eigenvalue weighted by Crippen LogP contribution is -1.97. The highest BCUT2D eigenvalue weighted by Crippen LogP contribution is 2.23. The van der Waals surface area contributed by atoms with Crippen molar-refractivity contribution < 1.29 is 4.74 Å². The molecular formula is C11H16O. The van der Waals surface area contributed by atoms with Crippen LogP contribution in [0.15, 0.2) is 18.2 Å². The molecule has 12 heavy (non-hydrogen) atoms. The van der Waals surface area contributed by atoms with E-state index in [1.807, 2.05) is 6.92 Å². The summed E-state index contributed by atoms with van der Waals surface area (Å²) in [6, 6.07) is 6.29. The Bertz CT molecular complexity index is 253. The normalized spacial score (nSPS) is 9.92. The van der Waals surface area contributed by atoms with Crippen molar-refractivity contribution in [3.63, 3.8) is 0 Å². The number of para-hydroxylation sites is 1. The third-order valence-corrected chi connectivity index (χ3v) is 1.96. The lowest BCUT2D eigenvalue weighted by atomic mass is 10.1. The third kappa shape index (κ3) is 1.79. The van der Waals surface area contributed by atoms with Gasteiger partial charge in [0, 0.05) is 0 Å². The first-order chi connectivity index (χ1) is 5.79. The van der Waals surface area contributed by atoms with E-state index in [1.165, 1.54) is 11.1 Å². The minimum atomic E-state index is 0.748. The van der Waals surface area contributed by atoms with Crippen LogP contribution in [-0.4, -0.2) is 6.61 Å². The maximum atomic E-state index is 5.56. The molecule has 0 saturated carbocycles. The molecule has 0 amide bonds. The molecule has 1 aromatic rings. The SMILES string of the molecule is CCOc1c(C)cccc1CC. The topological polar surface area (TPSA) is 9.23 Å². The van der Waals surface area contributed by atoms with E-state index in [4.69, 9.17) is 4.74 Å². The zero-order valence-electron chi connectivity index (χ0n) is 8.05. The molecule has 0 bridgehead atoms. The molecule has 0 atom stereocenters. The van der Waals surface area contributed by atoms with Crippen LogP contribution in [0.4, 0.5) is 0 Å². The van der Waals surface area contributed by atoms with Crippen molar-refractivity contribution in [2.45, 2.75) is 27.2 Å². The summed E-state index contributed by atoms with van der Waals surface area (Å²) in [5.74, 6) is 1.07. The summed E-state index contributed by atoms with van der Waals surface area (Å²) < 4.78 is 5.56. The average Bonchev–Trinajstić information content (AvgIpc) is 2.09. The number of aryl methyl sites for hydroxylation is 2. The molecule has 66 valence electrons. The van der Waals surface area contributed by atoms with Gasteiger partial charge in [0.15, 0.2) is 0 Å². The molecule has 0 aliphatic heterocycles. The number of rotatable bonds is 3. The number of benzene rings is 1. The fourth-order valence-electron chi connectivity index (χ4n) is 1.34. The lowest BCUT2D eigenvalue weighted by Gasteiger charge is -2.10. The molecular weight excluding hydrogens is 148 g/mol. The van der Waals surface area contributed by atoms with Gasteiger partial charge in [0.05, 0.1) is 6.61 Å². The summed E-state index contributed by atoms with van der Waals surface area (Å²) >= 11 is 0. The average molecular weight is 164 g/mol. The molecule has 0 unspecified atom stereocenters. The molecule has 0 N–H and O–H groups in total. The van der Waals surface area contributed by atoms with Crippen molar-refractivity contribution >= 4 is 0 Å². The summed E-state index contributed by atoms with van der Waals surface area (Å²) in [6.45, 7) is 7.01. The van der Waals surface area contributed by atoms with Crippen LogP contribution < -0.4 is 4.74 Å². The first-order valence-corrected chi connectivity index (χ1v) is 4.50. The Kier molecular flexibility index (Phi) is 3.15. The van der Waals surface area contributed by atoms with Crippen molar-refractivity contribution in [1.29, 1.82) is 0 Å². The third-order valence-electron chi connectivity index (χ3n) is 1.96. The predicted octanol–water partition coefficient (Wildman–Crippen LogP) is 2.96. The highest BCUT2D eigenvalue weighted by Gasteiger charge is 2.03. The van der Waals surface area contributed by atoms with Crippen LogP contribution in [0.3, 0.4) is 0 Å². The minimum absolute atomic E-state index is 0.748. The molecule has 0 heterocycles. The summed E-state index contributed by atoms with van der Waals surface area (Å²) in [5.41, 5.74) is 2.54. The molecule has 0 aliphatic carbocycles. The molecule has 1 nitrogen and oxygen atoms in total. The standard InChI is InChI=1S/C11H16O/c1-4-10-8-6-7-9(3)11(10)12-5-2/h6-8H,4-5H2,1-3H3. The number of ether oxygens (including phenoxy) is 1. The van der Waals surface area contributed by atoms with Gasteiger partial charge in [-0.1, -0.05) is 25.1 Å². The molecule has 1 rings (SSSR count). The van der Waals surface area contributed by atoms with Crippen LogP contribution >= 0.6 is 0 Å². The van der Waals surface area contributed by atoms with Crippen LogP contribution in [-0.2, 0) is 6.42 Å². The Labute approximate surface area is 74.4 Å². The highest BCUT2D eigenvalue weighted by atomic mass is 16.5. The molecule has 0 aromatic heterocycles. The van der Waals surface area contributed by atoms with E-state index in [2.05, 4.69) is 32.0 Å². The Balaban J connectivity index is 3.02. The van der Waals surface area contributed by atoms with Crippen LogP contribution in [0.5, 0.6) is 5.75 Å². The Hall–Kier alpha value is -0.980. The fraction of sp³-hybridized carbons (Fsp3) is 0.455. The quantitative estimate of drug-likeness (QED) is 0.667. The fourth-order valence-corrected chi connectivity index (χ4v) is 1.34. The predicted molar refractivity (Wildman–Crippen MR) is 51.7 cm³/mol. The van der Waals surface area contributed by atoms with Crippen LogP contribution in [0.2, 0.25) is 0 Å². The van der Waals surface area contributed by atoms with Gasteiger partial charge >= 0.3 is 0 Å². The van der Waals surface area contributed by atoms with Crippen molar-refractivity contribution in [2.75, 3.05) is 6.61 Å². The van der Waals surface area contributed by atoms with Gasteiger partial charge < -0.3 is 4.74 Å². The van der Waals surface area contributed by atoms with E-state index in [0.29, 0.717) is 0 Å². The molecule has 1 aromatic carbocycles. The zero-order valence-corrected chi connectivity index (χ0v) is 8.05. The van der Waals surface area contributed by atoms with Crippen LogP contribution in [0.25, 0.3) is 0 Å². The molecule has 0 saturated heterocycles. The van der Waals surface area contributed by atoms with E-state index in [-0.39, 0.29) is 0 Å². The second-order valence-electron chi connectivity index (χ2n) is 2.85. The summed E-state index contributed by atoms with van der Waals surface area (Å²) in [5, 5.41) is 0. The first kappa shape index (κ1) is 9.11. The van der Waals surface area contributed by atoms with E-state index >= 15 is 0 Å². The van der Waals surface area contributed by atoms with Crippen LogP contribution in [0, 0.1) is 6.92 Å². The van der Waals surface area contributed by atoms with E-state index < -0.39 is 0 Å². The highest BCUT2D eigenvalue weighted by molar-refractivity contribution is 5.40. The summed E-state index contributed by atoms with van der Waals surface area (Å²) in [7, 11) is 0. The second-order valence-corrected chi connectivity index (χ2v) is 2.85. The Morgan fingerprint density at radius 1 is 1.25 bits per heavy atom. The second kappa shape index (κ2) is 4.15. The molecule has 0 radical (unpaired) electrons. The van der Waals surface area contributed by atoms with Gasteiger partial charge in [-0.05, 0) is 31.4 Å². The molecule has 0 spiro atoms. The van der Waals surface area contributed by atoms with E-state index in [0.717, 1.165) is 18.8 Å². The van der Waals surface area contributed by atoms with E-state index in [9.17, 15) is 0 Å². The first-order valence-electron chi connectivity index (χ1n) is 4.50. The maximum absolute atomic E-state index is 5.56. The van der Waals surface area contributed by atoms with Crippen LogP contribution in [0.1, 0.15) is 25.0 Å². The molecule has 0 aliphatic rings. The summed E-state index contributed by atoms with van der Waals surface area (Å²) in [6.07, 6.45) is 1.04. The summed E-state index contributed by atoms with van der Waals surface area (Å²) in [4.78, 5) is 0. The molecule has 1 heteroatoms. The number of hydrogen-bond acceptors (Lipinski definition) is 1. The van der Waals surface area contributed by atoms with Crippen molar-refractivity contribution in [1.82, 2.24) is 0 Å².